The lowest BCUT2D eigenvalue weighted by Crippen LogP contribution is -2.14. The van der Waals surface area contributed by atoms with Gasteiger partial charge in [0.2, 0.25) is 5.91 Å². The van der Waals surface area contributed by atoms with Gasteiger partial charge in [-0.15, -0.1) is 10.2 Å². The molecule has 33 heavy (non-hydrogen) atoms. The summed E-state index contributed by atoms with van der Waals surface area (Å²) in [7, 11) is 1.64. The Kier molecular flexibility index (Phi) is 6.35. The van der Waals surface area contributed by atoms with Crippen LogP contribution in [0.5, 0.6) is 5.75 Å². The monoisotopic (exact) mass is 442 g/mol. The van der Waals surface area contributed by atoms with Crippen LogP contribution in [0.2, 0.25) is 0 Å². The first kappa shape index (κ1) is 22.0. The molecule has 0 radical (unpaired) electrons. The van der Waals surface area contributed by atoms with Crippen LogP contribution >= 0.6 is 0 Å². The number of anilines is 3. The maximum Gasteiger partial charge on any atom is 0.228 e. The normalized spacial score (nSPS) is 10.7. The molecule has 0 saturated carbocycles. The van der Waals surface area contributed by atoms with E-state index in [1.165, 1.54) is 0 Å². The van der Waals surface area contributed by atoms with E-state index in [1.54, 1.807) is 11.8 Å². The molecule has 0 saturated heterocycles. The Labute approximate surface area is 192 Å². The van der Waals surface area contributed by atoms with Crippen molar-refractivity contribution in [3.63, 3.8) is 0 Å². The number of aryl methyl sites for hydroxylation is 3. The first-order chi connectivity index (χ1) is 15.9. The standard InChI is InChI=1S/C25H26N6O2/c1-16-13-19(5-10-22(16)33-4)15-25(32)27-21-8-6-20(7-9-21)26-23-11-12-24(29-28-23)31-18(3)14-17(2)30-31/h5-14H,15H2,1-4H3,(H,26,28)(H,27,32). The van der Waals surface area contributed by atoms with Crippen LogP contribution in [0.4, 0.5) is 17.2 Å². The minimum Gasteiger partial charge on any atom is -0.496 e. The van der Waals surface area contributed by atoms with Crippen LogP contribution in [0.25, 0.3) is 5.82 Å². The second-order valence-corrected chi connectivity index (χ2v) is 7.85. The smallest absolute Gasteiger partial charge is 0.228 e. The number of amides is 1. The van der Waals surface area contributed by atoms with Crippen LogP contribution in [0.1, 0.15) is 22.5 Å². The highest BCUT2D eigenvalue weighted by atomic mass is 16.5. The first-order valence-electron chi connectivity index (χ1n) is 10.6. The molecule has 2 aromatic heterocycles. The molecule has 2 heterocycles. The summed E-state index contributed by atoms with van der Waals surface area (Å²) in [5.41, 5.74) is 5.44. The van der Waals surface area contributed by atoms with Gasteiger partial charge in [-0.2, -0.15) is 5.10 Å². The van der Waals surface area contributed by atoms with Crippen LogP contribution < -0.4 is 15.4 Å². The number of hydrogen-bond donors (Lipinski definition) is 2. The van der Waals surface area contributed by atoms with Gasteiger partial charge in [-0.3, -0.25) is 4.79 Å². The van der Waals surface area contributed by atoms with E-state index in [1.807, 2.05) is 81.4 Å². The average molecular weight is 443 g/mol. The predicted octanol–water partition coefficient (Wildman–Crippen LogP) is 4.52. The highest BCUT2D eigenvalue weighted by Crippen LogP contribution is 2.20. The Morgan fingerprint density at radius 2 is 1.70 bits per heavy atom. The summed E-state index contributed by atoms with van der Waals surface area (Å²) < 4.78 is 7.03. The molecule has 1 amide bonds. The van der Waals surface area contributed by atoms with Gasteiger partial charge < -0.3 is 15.4 Å². The molecule has 8 heteroatoms. The molecule has 0 aliphatic rings. The third-order valence-electron chi connectivity index (χ3n) is 5.14. The van der Waals surface area contributed by atoms with E-state index in [9.17, 15) is 4.79 Å². The summed E-state index contributed by atoms with van der Waals surface area (Å²) in [5, 5.41) is 19.1. The van der Waals surface area contributed by atoms with Crippen LogP contribution in [0.3, 0.4) is 0 Å². The van der Waals surface area contributed by atoms with Crippen molar-refractivity contribution in [2.24, 2.45) is 0 Å². The van der Waals surface area contributed by atoms with E-state index in [4.69, 9.17) is 4.74 Å². The number of rotatable bonds is 7. The summed E-state index contributed by atoms with van der Waals surface area (Å²) in [4.78, 5) is 12.4. The van der Waals surface area contributed by atoms with E-state index in [-0.39, 0.29) is 5.91 Å². The number of hydrogen-bond acceptors (Lipinski definition) is 6. The predicted molar refractivity (Wildman–Crippen MR) is 128 cm³/mol. The molecule has 2 aromatic carbocycles. The van der Waals surface area contributed by atoms with E-state index in [0.717, 1.165) is 39.6 Å². The van der Waals surface area contributed by atoms with E-state index < -0.39 is 0 Å². The van der Waals surface area contributed by atoms with Gasteiger partial charge in [0.05, 0.1) is 19.2 Å². The Bertz CT molecular complexity index is 1260. The molecule has 4 rings (SSSR count). The second kappa shape index (κ2) is 9.52. The van der Waals surface area contributed by atoms with E-state index in [2.05, 4.69) is 25.9 Å². The number of carbonyl (C=O) groups excluding carboxylic acids is 1. The van der Waals surface area contributed by atoms with Crippen molar-refractivity contribution in [3.8, 4) is 11.6 Å². The molecule has 2 N–H and O–H groups in total. The van der Waals surface area contributed by atoms with Gasteiger partial charge in [-0.25, -0.2) is 4.68 Å². The number of carbonyl (C=O) groups is 1. The van der Waals surface area contributed by atoms with E-state index >= 15 is 0 Å². The number of methoxy groups -OCH3 is 1. The van der Waals surface area contributed by atoms with Gasteiger partial charge in [0, 0.05) is 17.1 Å². The van der Waals surface area contributed by atoms with Crippen molar-refractivity contribution >= 4 is 23.1 Å². The molecule has 0 unspecified atom stereocenters. The van der Waals surface area contributed by atoms with Gasteiger partial charge in [0.25, 0.3) is 0 Å². The van der Waals surface area contributed by atoms with Crippen LogP contribution in [0.15, 0.2) is 60.7 Å². The molecule has 0 atom stereocenters. The molecule has 0 aliphatic carbocycles. The lowest BCUT2D eigenvalue weighted by Gasteiger charge is -2.10. The highest BCUT2D eigenvalue weighted by Gasteiger charge is 2.08. The van der Waals surface area contributed by atoms with Crippen molar-refractivity contribution < 1.29 is 9.53 Å². The summed E-state index contributed by atoms with van der Waals surface area (Å²) in [6.45, 7) is 5.88. The highest BCUT2D eigenvalue weighted by molar-refractivity contribution is 5.92. The van der Waals surface area contributed by atoms with Gasteiger partial charge >= 0.3 is 0 Å². The first-order valence-corrected chi connectivity index (χ1v) is 10.6. The topological polar surface area (TPSA) is 94.0 Å². The van der Waals surface area contributed by atoms with Crippen molar-refractivity contribution in [2.75, 3.05) is 17.7 Å². The molecule has 4 aromatic rings. The van der Waals surface area contributed by atoms with Crippen LogP contribution in [-0.4, -0.2) is 33.0 Å². The zero-order valence-electron chi connectivity index (χ0n) is 19.1. The Balaban J connectivity index is 1.35. The Morgan fingerprint density at radius 1 is 0.939 bits per heavy atom. The summed E-state index contributed by atoms with van der Waals surface area (Å²) >= 11 is 0. The largest absolute Gasteiger partial charge is 0.496 e. The van der Waals surface area contributed by atoms with Gasteiger partial charge in [-0.1, -0.05) is 12.1 Å². The summed E-state index contributed by atoms with van der Waals surface area (Å²) in [6, 6.07) is 18.9. The summed E-state index contributed by atoms with van der Waals surface area (Å²) in [5.74, 6) is 2.02. The fraction of sp³-hybridized carbons (Fsp3) is 0.200. The molecule has 0 spiro atoms. The Hall–Kier alpha value is -4.20. The number of nitrogens with zero attached hydrogens (tertiary/aromatic N) is 4. The van der Waals surface area contributed by atoms with Gasteiger partial charge in [-0.05, 0) is 80.4 Å². The van der Waals surface area contributed by atoms with E-state index in [0.29, 0.717) is 18.1 Å². The number of aromatic nitrogens is 4. The molecular formula is C25H26N6O2. The van der Waals surface area contributed by atoms with Gasteiger partial charge in [0.15, 0.2) is 11.6 Å². The third kappa shape index (κ3) is 5.35. The fourth-order valence-corrected chi connectivity index (χ4v) is 3.59. The van der Waals surface area contributed by atoms with Crippen molar-refractivity contribution in [1.82, 2.24) is 20.0 Å². The molecule has 8 nitrogen and oxygen atoms in total. The van der Waals surface area contributed by atoms with Gasteiger partial charge in [0.1, 0.15) is 5.75 Å². The number of benzene rings is 2. The minimum atomic E-state index is -0.0779. The molecule has 0 aliphatic heterocycles. The molecular weight excluding hydrogens is 416 g/mol. The van der Waals surface area contributed by atoms with Crippen LogP contribution in [0, 0.1) is 20.8 Å². The minimum absolute atomic E-state index is 0.0779. The Morgan fingerprint density at radius 3 is 2.30 bits per heavy atom. The number of ether oxygens (including phenoxy) is 1. The maximum atomic E-state index is 12.4. The SMILES string of the molecule is COc1ccc(CC(=O)Nc2ccc(Nc3ccc(-n4nc(C)cc4C)nn3)cc2)cc1C. The van der Waals surface area contributed by atoms with Crippen LogP contribution in [-0.2, 0) is 11.2 Å². The third-order valence-corrected chi connectivity index (χ3v) is 5.14. The summed E-state index contributed by atoms with van der Waals surface area (Å²) in [6.07, 6.45) is 0.294. The van der Waals surface area contributed by atoms with Crippen molar-refractivity contribution in [2.45, 2.75) is 27.2 Å². The second-order valence-electron chi connectivity index (χ2n) is 7.85. The quantitative estimate of drug-likeness (QED) is 0.437. The zero-order chi connectivity index (χ0) is 23.4. The lowest BCUT2D eigenvalue weighted by molar-refractivity contribution is -0.115. The average Bonchev–Trinajstić information content (AvgIpc) is 3.13. The zero-order valence-corrected chi connectivity index (χ0v) is 19.1. The maximum absolute atomic E-state index is 12.4. The number of nitrogens with one attached hydrogen (secondary N) is 2. The fourth-order valence-electron chi connectivity index (χ4n) is 3.59. The molecule has 168 valence electrons. The lowest BCUT2D eigenvalue weighted by atomic mass is 10.1. The molecule has 0 fully saturated rings. The van der Waals surface area contributed by atoms with Crippen molar-refractivity contribution in [1.29, 1.82) is 0 Å². The van der Waals surface area contributed by atoms with Crippen molar-refractivity contribution in [3.05, 3.63) is 83.2 Å². The molecule has 0 bridgehead atoms.